The number of allylic oxidation sites excluding steroid dienone is 7. The molecule has 0 atom stereocenters. The van der Waals surface area contributed by atoms with Crippen LogP contribution in [0.5, 0.6) is 0 Å². The predicted molar refractivity (Wildman–Crippen MR) is 165 cm³/mol. The Morgan fingerprint density at radius 2 is 1.51 bits per heavy atom. The molecule has 39 heavy (non-hydrogen) atoms. The van der Waals surface area contributed by atoms with Crippen molar-refractivity contribution in [3.05, 3.63) is 95.8 Å². The molecule has 0 aliphatic carbocycles. The quantitative estimate of drug-likeness (QED) is 0.461. The average Bonchev–Trinajstić information content (AvgIpc) is 3.26. The molecule has 2 aliphatic heterocycles. The van der Waals surface area contributed by atoms with Crippen LogP contribution in [-0.2, 0) is 13.6 Å². The molecule has 2 saturated heterocycles. The number of rotatable bonds is 9. The van der Waals surface area contributed by atoms with Crippen molar-refractivity contribution < 1.29 is 4.79 Å². The highest BCUT2D eigenvalue weighted by atomic mass is 16.2. The van der Waals surface area contributed by atoms with Gasteiger partial charge in [-0.1, -0.05) is 57.4 Å². The molecule has 2 N–H and O–H groups in total. The molecule has 1 aromatic heterocycles. The second-order valence-corrected chi connectivity index (χ2v) is 9.58. The molecule has 0 saturated carbocycles. The monoisotopic (exact) mass is 534 g/mol. The maximum absolute atomic E-state index is 13.5. The Morgan fingerprint density at radius 3 is 2.05 bits per heavy atom. The third kappa shape index (κ3) is 8.02. The summed E-state index contributed by atoms with van der Waals surface area (Å²) in [6.07, 6.45) is 13.6. The summed E-state index contributed by atoms with van der Waals surface area (Å²) in [5.41, 5.74) is 12.4. The third-order valence-corrected chi connectivity index (χ3v) is 7.48. The first kappa shape index (κ1) is 31.8. The first-order valence-electron chi connectivity index (χ1n) is 14.2. The molecule has 2 fully saturated rings. The molecule has 7 nitrogen and oxygen atoms in total. The van der Waals surface area contributed by atoms with Gasteiger partial charge >= 0.3 is 0 Å². The van der Waals surface area contributed by atoms with Gasteiger partial charge in [-0.3, -0.25) is 9.69 Å². The molecular formula is C32H50N6O. The van der Waals surface area contributed by atoms with E-state index in [9.17, 15) is 4.79 Å². The lowest BCUT2D eigenvalue weighted by Crippen LogP contribution is -2.48. The molecule has 1 aromatic rings. The van der Waals surface area contributed by atoms with Crippen LogP contribution < -0.4 is 5.73 Å². The van der Waals surface area contributed by atoms with Crippen molar-refractivity contribution in [2.75, 3.05) is 52.4 Å². The second kappa shape index (κ2) is 15.8. The number of amides is 1. The molecule has 0 radical (unpaired) electrons. The van der Waals surface area contributed by atoms with Gasteiger partial charge in [0.05, 0.1) is 11.4 Å². The minimum atomic E-state index is 0.117. The molecule has 3 heterocycles. The van der Waals surface area contributed by atoms with E-state index >= 15 is 0 Å². The molecule has 0 bridgehead atoms. The van der Waals surface area contributed by atoms with E-state index in [2.05, 4.69) is 57.6 Å². The first-order valence-corrected chi connectivity index (χ1v) is 14.2. The molecule has 2 aliphatic rings. The lowest BCUT2D eigenvalue weighted by molar-refractivity contribution is 0.0662. The van der Waals surface area contributed by atoms with Crippen molar-refractivity contribution in [1.82, 2.24) is 24.2 Å². The summed E-state index contributed by atoms with van der Waals surface area (Å²) in [6.45, 7) is 25.3. The van der Waals surface area contributed by atoms with Gasteiger partial charge in [0, 0.05) is 77.3 Å². The zero-order valence-electron chi connectivity index (χ0n) is 25.1. The number of carbonyl (C=O) groups excluding carboxylic acids is 1. The van der Waals surface area contributed by atoms with E-state index in [-0.39, 0.29) is 5.91 Å². The van der Waals surface area contributed by atoms with Crippen LogP contribution in [0, 0.1) is 6.92 Å². The van der Waals surface area contributed by atoms with Crippen LogP contribution in [0.25, 0.3) is 0 Å². The molecule has 214 valence electrons. The molecule has 7 heteroatoms. The summed E-state index contributed by atoms with van der Waals surface area (Å²) in [5, 5.41) is 0. The Labute approximate surface area is 236 Å². The maximum Gasteiger partial charge on any atom is 0.270 e. The summed E-state index contributed by atoms with van der Waals surface area (Å²) in [4.78, 5) is 22.6. The molecule has 0 spiro atoms. The van der Waals surface area contributed by atoms with Gasteiger partial charge in [0.15, 0.2) is 0 Å². The van der Waals surface area contributed by atoms with Crippen LogP contribution in [0.2, 0.25) is 0 Å². The van der Waals surface area contributed by atoms with Gasteiger partial charge in [0.1, 0.15) is 5.69 Å². The number of piperazine rings is 2. The minimum absolute atomic E-state index is 0.117. The van der Waals surface area contributed by atoms with Crippen LogP contribution in [0.1, 0.15) is 49.4 Å². The zero-order valence-corrected chi connectivity index (χ0v) is 25.1. The summed E-state index contributed by atoms with van der Waals surface area (Å²) in [5.74, 6) is 0.117. The van der Waals surface area contributed by atoms with Crippen LogP contribution in [0.4, 0.5) is 0 Å². The van der Waals surface area contributed by atoms with Crippen LogP contribution in [0.15, 0.2) is 78.8 Å². The lowest BCUT2D eigenvalue weighted by atomic mass is 10.1. The van der Waals surface area contributed by atoms with Crippen molar-refractivity contribution in [2.45, 2.75) is 41.2 Å². The number of nitrogens with zero attached hydrogens (tertiary/aromatic N) is 5. The predicted octanol–water partition coefficient (Wildman–Crippen LogP) is 4.81. The summed E-state index contributed by atoms with van der Waals surface area (Å²) in [6, 6.07) is 2.10. The van der Waals surface area contributed by atoms with Gasteiger partial charge in [-0.2, -0.15) is 0 Å². The topological polar surface area (TPSA) is 61.0 Å². The normalized spacial score (nSPS) is 17.8. The van der Waals surface area contributed by atoms with Gasteiger partial charge in [-0.15, -0.1) is 0 Å². The number of carbonyl (C=O) groups is 1. The Balaban J connectivity index is 0.00000260. The SMILES string of the molecule is C=C/C=C\C(=C/C)N1CCN(C(=O)c2cc(CN3CCN(C(=C/C=C)/C(N)=C\C)CC3)c(C)n2C)CC1.CC. The minimum Gasteiger partial charge on any atom is -0.397 e. The second-order valence-electron chi connectivity index (χ2n) is 9.58. The van der Waals surface area contributed by atoms with Crippen molar-refractivity contribution in [1.29, 1.82) is 0 Å². The Kier molecular flexibility index (Phi) is 12.9. The molecule has 0 aromatic carbocycles. The van der Waals surface area contributed by atoms with Gasteiger partial charge in [-0.05, 0) is 44.6 Å². The molecule has 1 amide bonds. The fourth-order valence-corrected chi connectivity index (χ4v) is 5.04. The highest BCUT2D eigenvalue weighted by molar-refractivity contribution is 5.93. The smallest absolute Gasteiger partial charge is 0.270 e. The van der Waals surface area contributed by atoms with Gasteiger partial charge in [0.2, 0.25) is 0 Å². The fraction of sp³-hybridized carbons (Fsp3) is 0.469. The van der Waals surface area contributed by atoms with Gasteiger partial charge in [0.25, 0.3) is 5.91 Å². The van der Waals surface area contributed by atoms with E-state index in [1.807, 2.05) is 57.9 Å². The van der Waals surface area contributed by atoms with Gasteiger partial charge < -0.3 is 25.0 Å². The van der Waals surface area contributed by atoms with Crippen molar-refractivity contribution in [2.24, 2.45) is 12.8 Å². The molecule has 3 rings (SSSR count). The van der Waals surface area contributed by atoms with Crippen molar-refractivity contribution >= 4 is 5.91 Å². The summed E-state index contributed by atoms with van der Waals surface area (Å²) in [7, 11) is 2.00. The first-order chi connectivity index (χ1) is 18.8. The Bertz CT molecular complexity index is 1090. The van der Waals surface area contributed by atoms with Crippen LogP contribution >= 0.6 is 0 Å². The van der Waals surface area contributed by atoms with E-state index in [4.69, 9.17) is 5.73 Å². The van der Waals surface area contributed by atoms with E-state index in [0.717, 1.165) is 81.7 Å². The van der Waals surface area contributed by atoms with Crippen molar-refractivity contribution in [3.8, 4) is 0 Å². The fourth-order valence-electron chi connectivity index (χ4n) is 5.04. The highest BCUT2D eigenvalue weighted by Crippen LogP contribution is 2.22. The Hall–Kier alpha value is -3.45. The maximum atomic E-state index is 13.5. The lowest BCUT2D eigenvalue weighted by Gasteiger charge is -2.37. The molecule has 0 unspecified atom stereocenters. The number of hydrogen-bond donors (Lipinski definition) is 1. The highest BCUT2D eigenvalue weighted by Gasteiger charge is 2.27. The average molecular weight is 535 g/mol. The van der Waals surface area contributed by atoms with Gasteiger partial charge in [-0.25, -0.2) is 0 Å². The number of hydrogen-bond acceptors (Lipinski definition) is 5. The summed E-state index contributed by atoms with van der Waals surface area (Å²) >= 11 is 0. The largest absolute Gasteiger partial charge is 0.397 e. The zero-order chi connectivity index (χ0) is 28.9. The standard InChI is InChI=1S/C30H44N6O.C2H6/c1-7-11-13-26(9-3)34-18-20-36(21-19-34)30(37)29-22-25(24(5)32(29)6)23-33-14-16-35(17-15-33)28(12-8-2)27(31)10-4;1-2/h7-13,22H,1-2,14-21,23,31H2,3-6H3;1-2H3/b13-11-,26-9+,27-10+,28-12+;. The van der Waals surface area contributed by atoms with E-state index in [1.165, 1.54) is 11.3 Å². The van der Waals surface area contributed by atoms with Crippen LogP contribution in [0.3, 0.4) is 0 Å². The number of aromatic nitrogens is 1. The van der Waals surface area contributed by atoms with E-state index in [0.29, 0.717) is 0 Å². The van der Waals surface area contributed by atoms with Crippen molar-refractivity contribution in [3.63, 3.8) is 0 Å². The summed E-state index contributed by atoms with van der Waals surface area (Å²) < 4.78 is 2.06. The molecular weight excluding hydrogens is 484 g/mol. The number of nitrogens with two attached hydrogens (primary N) is 1. The Morgan fingerprint density at radius 1 is 0.923 bits per heavy atom. The third-order valence-electron chi connectivity index (χ3n) is 7.48. The van der Waals surface area contributed by atoms with Crippen LogP contribution in [-0.4, -0.2) is 82.4 Å². The van der Waals surface area contributed by atoms with E-state index < -0.39 is 0 Å². The van der Waals surface area contributed by atoms with E-state index in [1.54, 1.807) is 12.2 Å².